The number of aromatic nitrogens is 2. The van der Waals surface area contributed by atoms with Gasteiger partial charge in [0.1, 0.15) is 11.5 Å². The Hall–Kier alpha value is -2.08. The average Bonchev–Trinajstić information content (AvgIpc) is 2.94. The van der Waals surface area contributed by atoms with Gasteiger partial charge in [-0.25, -0.2) is 0 Å². The van der Waals surface area contributed by atoms with Gasteiger partial charge >= 0.3 is 0 Å². The monoisotopic (exact) mass is 277 g/mol. The normalized spacial score (nSPS) is 10.9. The van der Waals surface area contributed by atoms with Crippen LogP contribution in [0.4, 0.5) is 0 Å². The van der Waals surface area contributed by atoms with E-state index in [1.54, 1.807) is 14.2 Å². The molecule has 0 amide bonds. The predicted octanol–water partition coefficient (Wildman–Crippen LogP) is 2.34. The molecule has 20 heavy (non-hydrogen) atoms. The van der Waals surface area contributed by atoms with Crippen LogP contribution >= 0.6 is 0 Å². The first-order valence-corrected chi connectivity index (χ1v) is 6.39. The van der Waals surface area contributed by atoms with Crippen LogP contribution in [0.25, 0.3) is 11.4 Å². The molecule has 108 valence electrons. The van der Waals surface area contributed by atoms with E-state index in [0.29, 0.717) is 23.4 Å². The topological polar surface area (TPSA) is 83.4 Å². The Kier molecular flexibility index (Phi) is 4.24. The van der Waals surface area contributed by atoms with Gasteiger partial charge in [-0.2, -0.15) is 4.98 Å². The van der Waals surface area contributed by atoms with Gasteiger partial charge in [0.25, 0.3) is 0 Å². The predicted molar refractivity (Wildman–Crippen MR) is 74.8 cm³/mol. The highest BCUT2D eigenvalue weighted by molar-refractivity contribution is 5.68. The first-order chi connectivity index (χ1) is 9.60. The fourth-order valence-corrected chi connectivity index (χ4v) is 2.00. The molecular formula is C14H19N3O3. The van der Waals surface area contributed by atoms with E-state index >= 15 is 0 Å². The van der Waals surface area contributed by atoms with Crippen molar-refractivity contribution in [2.45, 2.75) is 26.3 Å². The summed E-state index contributed by atoms with van der Waals surface area (Å²) in [5.74, 6) is 2.57. The van der Waals surface area contributed by atoms with E-state index in [9.17, 15) is 0 Å². The molecule has 2 rings (SSSR count). The first-order valence-electron chi connectivity index (χ1n) is 6.39. The Balaban J connectivity index is 2.58. The Morgan fingerprint density at radius 2 is 1.90 bits per heavy atom. The summed E-state index contributed by atoms with van der Waals surface area (Å²) in [7, 11) is 3.23. The number of ether oxygens (including phenoxy) is 2. The zero-order valence-corrected chi connectivity index (χ0v) is 12.1. The summed E-state index contributed by atoms with van der Waals surface area (Å²) < 4.78 is 15.8. The van der Waals surface area contributed by atoms with E-state index in [1.807, 2.05) is 12.1 Å². The van der Waals surface area contributed by atoms with Gasteiger partial charge in [0.05, 0.1) is 26.3 Å². The minimum absolute atomic E-state index is 0.211. The highest BCUT2D eigenvalue weighted by Gasteiger charge is 2.18. The molecule has 0 spiro atoms. The van der Waals surface area contributed by atoms with Gasteiger partial charge in [0.15, 0.2) is 0 Å². The van der Waals surface area contributed by atoms with Crippen LogP contribution < -0.4 is 15.2 Å². The van der Waals surface area contributed by atoms with Gasteiger partial charge in [-0.05, 0) is 17.5 Å². The molecular weight excluding hydrogens is 258 g/mol. The van der Waals surface area contributed by atoms with Crippen molar-refractivity contribution in [1.29, 1.82) is 0 Å². The quantitative estimate of drug-likeness (QED) is 0.903. The molecule has 0 bridgehead atoms. The molecule has 0 radical (unpaired) electrons. The Bertz CT molecular complexity index is 593. The Morgan fingerprint density at radius 1 is 1.20 bits per heavy atom. The molecule has 1 heterocycles. The average molecular weight is 277 g/mol. The lowest BCUT2D eigenvalue weighted by atomic mass is 9.98. The summed E-state index contributed by atoms with van der Waals surface area (Å²) in [4.78, 5) is 4.24. The highest BCUT2D eigenvalue weighted by atomic mass is 16.5. The van der Waals surface area contributed by atoms with E-state index in [4.69, 9.17) is 19.7 Å². The summed E-state index contributed by atoms with van der Waals surface area (Å²) in [6.45, 7) is 4.40. The molecule has 0 aliphatic heterocycles. The third kappa shape index (κ3) is 2.60. The van der Waals surface area contributed by atoms with Crippen LogP contribution in [0, 0.1) is 0 Å². The van der Waals surface area contributed by atoms with Crippen LogP contribution in [0.3, 0.4) is 0 Å². The minimum atomic E-state index is 0.211. The zero-order chi connectivity index (χ0) is 14.7. The molecule has 2 aromatic rings. The Morgan fingerprint density at radius 3 is 2.40 bits per heavy atom. The molecule has 6 nitrogen and oxygen atoms in total. The van der Waals surface area contributed by atoms with Crippen molar-refractivity contribution in [1.82, 2.24) is 10.1 Å². The number of rotatable bonds is 5. The summed E-state index contributed by atoms with van der Waals surface area (Å²) in [5.41, 5.74) is 7.31. The van der Waals surface area contributed by atoms with Gasteiger partial charge in [-0.1, -0.05) is 19.0 Å². The molecule has 0 saturated carbocycles. The van der Waals surface area contributed by atoms with Gasteiger partial charge in [0, 0.05) is 6.07 Å². The second kappa shape index (κ2) is 5.92. The molecule has 0 fully saturated rings. The van der Waals surface area contributed by atoms with E-state index < -0.39 is 0 Å². The maximum absolute atomic E-state index is 5.49. The molecule has 6 heteroatoms. The Labute approximate surface area is 117 Å². The smallest absolute Gasteiger partial charge is 0.240 e. The van der Waals surface area contributed by atoms with Crippen molar-refractivity contribution in [3.63, 3.8) is 0 Å². The van der Waals surface area contributed by atoms with Crippen LogP contribution in [0.2, 0.25) is 0 Å². The number of hydrogen-bond donors (Lipinski definition) is 1. The van der Waals surface area contributed by atoms with Gasteiger partial charge in [0.2, 0.25) is 11.7 Å². The van der Waals surface area contributed by atoms with E-state index in [0.717, 1.165) is 16.9 Å². The SMILES string of the molecule is COc1cc(OC)c(C(C)C)cc1-c1noc(CN)n1. The summed E-state index contributed by atoms with van der Waals surface area (Å²) >= 11 is 0. The molecule has 0 saturated heterocycles. The first kappa shape index (κ1) is 14.3. The second-order valence-corrected chi connectivity index (χ2v) is 4.66. The van der Waals surface area contributed by atoms with Crippen LogP contribution in [0.15, 0.2) is 16.7 Å². The van der Waals surface area contributed by atoms with Crippen molar-refractivity contribution >= 4 is 0 Å². The van der Waals surface area contributed by atoms with Gasteiger partial charge < -0.3 is 19.7 Å². The van der Waals surface area contributed by atoms with Gasteiger partial charge in [-0.3, -0.25) is 0 Å². The molecule has 1 aromatic carbocycles. The zero-order valence-electron chi connectivity index (χ0n) is 12.1. The summed E-state index contributed by atoms with van der Waals surface area (Å²) in [6.07, 6.45) is 0. The van der Waals surface area contributed by atoms with E-state index in [2.05, 4.69) is 24.0 Å². The molecule has 2 N–H and O–H groups in total. The molecule has 0 atom stereocenters. The van der Waals surface area contributed by atoms with Crippen molar-refractivity contribution in [3.8, 4) is 22.9 Å². The van der Waals surface area contributed by atoms with E-state index in [-0.39, 0.29) is 6.54 Å². The lowest BCUT2D eigenvalue weighted by Gasteiger charge is -2.15. The maximum Gasteiger partial charge on any atom is 0.240 e. The lowest BCUT2D eigenvalue weighted by Crippen LogP contribution is -1.99. The van der Waals surface area contributed by atoms with Gasteiger partial charge in [-0.15, -0.1) is 0 Å². The number of hydrogen-bond acceptors (Lipinski definition) is 6. The fraction of sp³-hybridized carbons (Fsp3) is 0.429. The van der Waals surface area contributed by atoms with Crippen molar-refractivity contribution in [2.24, 2.45) is 5.73 Å². The summed E-state index contributed by atoms with van der Waals surface area (Å²) in [6, 6.07) is 3.80. The highest BCUT2D eigenvalue weighted by Crippen LogP contribution is 2.37. The molecule has 0 unspecified atom stereocenters. The fourth-order valence-electron chi connectivity index (χ4n) is 2.00. The van der Waals surface area contributed by atoms with Crippen LogP contribution in [0.5, 0.6) is 11.5 Å². The van der Waals surface area contributed by atoms with Crippen molar-refractivity contribution in [2.75, 3.05) is 14.2 Å². The third-order valence-corrected chi connectivity index (χ3v) is 3.06. The molecule has 0 aliphatic rings. The molecule has 0 aliphatic carbocycles. The van der Waals surface area contributed by atoms with Crippen LogP contribution in [0.1, 0.15) is 31.2 Å². The van der Waals surface area contributed by atoms with Crippen molar-refractivity contribution < 1.29 is 14.0 Å². The third-order valence-electron chi connectivity index (χ3n) is 3.06. The maximum atomic E-state index is 5.49. The molecule has 1 aromatic heterocycles. The number of methoxy groups -OCH3 is 2. The lowest BCUT2D eigenvalue weighted by molar-refractivity contribution is 0.378. The number of benzene rings is 1. The largest absolute Gasteiger partial charge is 0.496 e. The van der Waals surface area contributed by atoms with E-state index in [1.165, 1.54) is 0 Å². The van der Waals surface area contributed by atoms with Crippen molar-refractivity contribution in [3.05, 3.63) is 23.6 Å². The number of nitrogens with zero attached hydrogens (tertiary/aromatic N) is 2. The second-order valence-electron chi connectivity index (χ2n) is 4.66. The summed E-state index contributed by atoms with van der Waals surface area (Å²) in [5, 5.41) is 3.93. The van der Waals surface area contributed by atoms with Crippen LogP contribution in [-0.2, 0) is 6.54 Å². The number of nitrogens with two attached hydrogens (primary N) is 1. The minimum Gasteiger partial charge on any atom is -0.496 e. The van der Waals surface area contributed by atoms with Crippen LogP contribution in [-0.4, -0.2) is 24.4 Å². The standard InChI is InChI=1S/C14H19N3O3/c1-8(2)9-5-10(12(19-4)6-11(9)18-3)14-16-13(7-15)20-17-14/h5-6,8H,7,15H2,1-4H3.